The highest BCUT2D eigenvalue weighted by Gasteiger charge is 2.39. The van der Waals surface area contributed by atoms with E-state index >= 15 is 0 Å². The molecule has 2 atom stereocenters. The van der Waals surface area contributed by atoms with Crippen molar-refractivity contribution in [3.8, 4) is 0 Å². The van der Waals surface area contributed by atoms with Crippen molar-refractivity contribution in [1.82, 2.24) is 20.0 Å². The fraction of sp³-hybridized carbons (Fsp3) is 0.414. The molecule has 1 saturated heterocycles. The van der Waals surface area contributed by atoms with Crippen LogP contribution >= 0.6 is 0 Å². The summed E-state index contributed by atoms with van der Waals surface area (Å²) in [7, 11) is 0. The molecular formula is C29H36N4O4. The van der Waals surface area contributed by atoms with Gasteiger partial charge in [0.05, 0.1) is 18.2 Å². The summed E-state index contributed by atoms with van der Waals surface area (Å²) in [6.45, 7) is 10.6. The smallest absolute Gasteiger partial charge is 0.338 e. The standard InChI is InChI=1S/C29H36N4O4/c1-5-32-24(19-31-16-17-33(21(4)18-31)27(34)23-10-8-7-9-11-23)25(28(35)37-6-2)26(30-29(32)36)22-14-12-20(3)13-15-22/h7-15,21,26H,5-6,16-19H2,1-4H3,(H,30,36). The van der Waals surface area contributed by atoms with Crippen LogP contribution in [0.1, 0.15) is 48.3 Å². The average molecular weight is 505 g/mol. The molecule has 2 aliphatic rings. The molecule has 0 radical (unpaired) electrons. The number of carbonyl (C=O) groups excluding carboxylic acids is 3. The Labute approximate surface area is 218 Å². The van der Waals surface area contributed by atoms with Crippen LogP contribution in [0.2, 0.25) is 0 Å². The van der Waals surface area contributed by atoms with Crippen molar-refractivity contribution < 1.29 is 19.1 Å². The van der Waals surface area contributed by atoms with Crippen molar-refractivity contribution in [2.75, 3.05) is 39.3 Å². The summed E-state index contributed by atoms with van der Waals surface area (Å²) in [5.41, 5.74) is 3.73. The monoisotopic (exact) mass is 504 g/mol. The number of urea groups is 1. The number of nitrogens with one attached hydrogen (secondary N) is 1. The van der Waals surface area contributed by atoms with Gasteiger partial charge in [-0.2, -0.15) is 0 Å². The van der Waals surface area contributed by atoms with Crippen LogP contribution in [0.4, 0.5) is 4.79 Å². The van der Waals surface area contributed by atoms with Crippen molar-refractivity contribution in [1.29, 1.82) is 0 Å². The largest absolute Gasteiger partial charge is 0.463 e. The number of piperazine rings is 1. The van der Waals surface area contributed by atoms with Crippen LogP contribution in [0.5, 0.6) is 0 Å². The normalized spacial score (nSPS) is 20.6. The fourth-order valence-electron chi connectivity index (χ4n) is 5.10. The van der Waals surface area contributed by atoms with E-state index in [0.717, 1.165) is 11.1 Å². The Morgan fingerprint density at radius 2 is 1.73 bits per heavy atom. The molecule has 0 saturated carbocycles. The molecule has 37 heavy (non-hydrogen) atoms. The third-order valence-corrected chi connectivity index (χ3v) is 7.03. The lowest BCUT2D eigenvalue weighted by molar-refractivity contribution is -0.139. The van der Waals surface area contributed by atoms with Crippen LogP contribution in [-0.4, -0.2) is 78.0 Å². The number of amides is 3. The van der Waals surface area contributed by atoms with Gasteiger partial charge < -0.3 is 15.0 Å². The zero-order chi connectivity index (χ0) is 26.5. The predicted molar refractivity (Wildman–Crippen MR) is 142 cm³/mol. The molecule has 3 amide bonds. The van der Waals surface area contributed by atoms with Gasteiger partial charge in [-0.25, -0.2) is 9.59 Å². The number of esters is 1. The molecule has 2 aliphatic heterocycles. The molecule has 0 aromatic heterocycles. The second-order valence-corrected chi connectivity index (χ2v) is 9.57. The first-order chi connectivity index (χ1) is 17.8. The van der Waals surface area contributed by atoms with Crippen LogP contribution in [0.3, 0.4) is 0 Å². The van der Waals surface area contributed by atoms with E-state index in [4.69, 9.17) is 4.74 Å². The highest BCUT2D eigenvalue weighted by molar-refractivity contribution is 5.95. The summed E-state index contributed by atoms with van der Waals surface area (Å²) in [6.07, 6.45) is 0. The van der Waals surface area contributed by atoms with Crippen LogP contribution in [0.15, 0.2) is 65.9 Å². The average Bonchev–Trinajstić information content (AvgIpc) is 2.89. The number of likely N-dealkylation sites (N-methyl/N-ethyl adjacent to an activating group) is 1. The Morgan fingerprint density at radius 1 is 1.03 bits per heavy atom. The number of nitrogens with zero attached hydrogens (tertiary/aromatic N) is 3. The van der Waals surface area contributed by atoms with E-state index in [1.807, 2.05) is 80.3 Å². The van der Waals surface area contributed by atoms with Gasteiger partial charge in [0, 0.05) is 50.0 Å². The zero-order valence-electron chi connectivity index (χ0n) is 22.1. The molecule has 2 aromatic carbocycles. The number of hydrogen-bond acceptors (Lipinski definition) is 5. The van der Waals surface area contributed by atoms with Crippen molar-refractivity contribution >= 4 is 17.9 Å². The van der Waals surface area contributed by atoms with Gasteiger partial charge in [-0.1, -0.05) is 48.0 Å². The fourth-order valence-corrected chi connectivity index (χ4v) is 5.10. The predicted octanol–water partition coefficient (Wildman–Crippen LogP) is 3.74. The summed E-state index contributed by atoms with van der Waals surface area (Å²) in [4.78, 5) is 45.3. The molecule has 0 aliphatic carbocycles. The lowest BCUT2D eigenvalue weighted by atomic mass is 9.93. The Balaban J connectivity index is 1.63. The summed E-state index contributed by atoms with van der Waals surface area (Å²) in [6, 6.07) is 16.3. The minimum atomic E-state index is -0.594. The summed E-state index contributed by atoms with van der Waals surface area (Å²) >= 11 is 0. The van der Waals surface area contributed by atoms with Crippen molar-refractivity contribution in [2.24, 2.45) is 0 Å². The molecule has 196 valence electrons. The van der Waals surface area contributed by atoms with E-state index in [1.165, 1.54) is 0 Å². The third kappa shape index (κ3) is 5.69. The van der Waals surface area contributed by atoms with Crippen LogP contribution < -0.4 is 5.32 Å². The number of carbonyl (C=O) groups is 3. The molecule has 8 heteroatoms. The lowest BCUT2D eigenvalue weighted by Crippen LogP contribution is -2.56. The summed E-state index contributed by atoms with van der Waals surface area (Å²) in [5, 5.41) is 3.02. The SMILES string of the molecule is CCOC(=O)C1=C(CN2CCN(C(=O)c3ccccc3)C(C)C2)N(CC)C(=O)NC1c1ccc(C)cc1. The maximum atomic E-state index is 13.3. The minimum absolute atomic E-state index is 0.0193. The van der Waals surface area contributed by atoms with Gasteiger partial charge in [0.2, 0.25) is 0 Å². The van der Waals surface area contributed by atoms with Gasteiger partial charge in [0.1, 0.15) is 0 Å². The molecule has 1 fully saturated rings. The molecule has 0 bridgehead atoms. The first-order valence-corrected chi connectivity index (χ1v) is 13.0. The topological polar surface area (TPSA) is 82.2 Å². The van der Waals surface area contributed by atoms with Gasteiger partial charge in [-0.3, -0.25) is 14.6 Å². The molecule has 2 heterocycles. The Morgan fingerprint density at radius 3 is 2.35 bits per heavy atom. The minimum Gasteiger partial charge on any atom is -0.463 e. The van der Waals surface area contributed by atoms with Gasteiger partial charge in [0.25, 0.3) is 5.91 Å². The Hall–Kier alpha value is -3.65. The number of benzene rings is 2. The third-order valence-electron chi connectivity index (χ3n) is 7.03. The molecule has 2 aromatic rings. The highest BCUT2D eigenvalue weighted by Crippen LogP contribution is 2.32. The van der Waals surface area contributed by atoms with E-state index in [2.05, 4.69) is 10.2 Å². The van der Waals surface area contributed by atoms with Crippen LogP contribution in [0, 0.1) is 6.92 Å². The maximum absolute atomic E-state index is 13.3. The first kappa shape index (κ1) is 26.4. The molecule has 8 nitrogen and oxygen atoms in total. The van der Waals surface area contributed by atoms with Gasteiger partial charge in [-0.15, -0.1) is 0 Å². The van der Waals surface area contributed by atoms with Gasteiger partial charge in [0.15, 0.2) is 0 Å². The van der Waals surface area contributed by atoms with Crippen molar-refractivity contribution in [3.05, 3.63) is 82.6 Å². The first-order valence-electron chi connectivity index (χ1n) is 13.0. The van der Waals surface area contributed by atoms with Crippen molar-refractivity contribution in [3.63, 3.8) is 0 Å². The second-order valence-electron chi connectivity index (χ2n) is 9.57. The molecule has 2 unspecified atom stereocenters. The Bertz CT molecular complexity index is 1160. The van der Waals surface area contributed by atoms with E-state index in [-0.39, 0.29) is 24.6 Å². The van der Waals surface area contributed by atoms with E-state index < -0.39 is 12.0 Å². The van der Waals surface area contributed by atoms with Gasteiger partial charge >= 0.3 is 12.0 Å². The van der Waals surface area contributed by atoms with E-state index in [1.54, 1.807) is 11.8 Å². The molecule has 4 rings (SSSR count). The zero-order valence-corrected chi connectivity index (χ0v) is 22.1. The molecule has 0 spiro atoms. The second kappa shape index (κ2) is 11.6. The molecule has 1 N–H and O–H groups in total. The van der Waals surface area contributed by atoms with Gasteiger partial charge in [-0.05, 0) is 45.4 Å². The number of ether oxygens (including phenoxy) is 1. The lowest BCUT2D eigenvalue weighted by Gasteiger charge is -2.43. The summed E-state index contributed by atoms with van der Waals surface area (Å²) < 4.78 is 5.48. The highest BCUT2D eigenvalue weighted by atomic mass is 16.5. The summed E-state index contributed by atoms with van der Waals surface area (Å²) in [5.74, 6) is -0.404. The number of aryl methyl sites for hydroxylation is 1. The maximum Gasteiger partial charge on any atom is 0.338 e. The van der Waals surface area contributed by atoms with Crippen LogP contribution in [0.25, 0.3) is 0 Å². The van der Waals surface area contributed by atoms with Crippen molar-refractivity contribution in [2.45, 2.75) is 39.8 Å². The van der Waals surface area contributed by atoms with E-state index in [0.29, 0.717) is 49.6 Å². The molecular weight excluding hydrogens is 468 g/mol. The quantitative estimate of drug-likeness (QED) is 0.581. The number of hydrogen-bond donors (Lipinski definition) is 1. The van der Waals surface area contributed by atoms with Crippen LogP contribution in [-0.2, 0) is 9.53 Å². The Kier molecular flexibility index (Phi) is 8.28. The van der Waals surface area contributed by atoms with E-state index in [9.17, 15) is 14.4 Å². The number of rotatable bonds is 7.